The van der Waals surface area contributed by atoms with Crippen LogP contribution in [-0.4, -0.2) is 76.5 Å². The molecule has 0 atom stereocenters. The zero-order chi connectivity index (χ0) is 19.3. The zero-order valence-electron chi connectivity index (χ0n) is 15.7. The quantitative estimate of drug-likeness (QED) is 0.736. The van der Waals surface area contributed by atoms with Gasteiger partial charge in [-0.15, -0.1) is 0 Å². The molecule has 0 unspecified atom stereocenters. The number of piperidine rings is 1. The van der Waals surface area contributed by atoms with Crippen LogP contribution in [-0.2, 0) is 14.8 Å². The average Bonchev–Trinajstić information content (AvgIpc) is 2.69. The van der Waals surface area contributed by atoms with Gasteiger partial charge in [0.25, 0.3) is 0 Å². The number of carbonyl (C=O) groups excluding carboxylic acids is 1. The summed E-state index contributed by atoms with van der Waals surface area (Å²) >= 11 is 0. The number of carbonyl (C=O) groups is 1. The predicted octanol–water partition coefficient (Wildman–Crippen LogP) is 0.714. The largest absolute Gasteiger partial charge is 0.495 e. The van der Waals surface area contributed by atoms with Crippen LogP contribution in [0.1, 0.15) is 19.3 Å². The highest BCUT2D eigenvalue weighted by Crippen LogP contribution is 2.30. The monoisotopic (exact) mass is 396 g/mol. The Morgan fingerprint density at radius 1 is 1.15 bits per heavy atom. The maximum atomic E-state index is 12.9. The highest BCUT2D eigenvalue weighted by Gasteiger charge is 2.27. The van der Waals surface area contributed by atoms with Crippen LogP contribution in [0.5, 0.6) is 5.75 Å². The molecule has 0 bridgehead atoms. The van der Waals surface area contributed by atoms with Crippen LogP contribution >= 0.6 is 0 Å². The molecule has 2 heterocycles. The fraction of sp³-hybridized carbons (Fsp3) is 0.611. The third kappa shape index (κ3) is 4.98. The summed E-state index contributed by atoms with van der Waals surface area (Å²) in [6, 6.07) is 4.63. The van der Waals surface area contributed by atoms with Gasteiger partial charge < -0.3 is 15.4 Å². The molecule has 2 fully saturated rings. The zero-order valence-corrected chi connectivity index (χ0v) is 16.6. The van der Waals surface area contributed by atoms with Crippen LogP contribution in [0.2, 0.25) is 0 Å². The molecule has 8 nitrogen and oxygen atoms in total. The van der Waals surface area contributed by atoms with E-state index in [1.807, 2.05) is 0 Å². The number of rotatable bonds is 6. The number of amides is 1. The molecule has 2 N–H and O–H groups in total. The van der Waals surface area contributed by atoms with E-state index < -0.39 is 10.0 Å². The van der Waals surface area contributed by atoms with Gasteiger partial charge >= 0.3 is 0 Å². The summed E-state index contributed by atoms with van der Waals surface area (Å²) in [5.74, 6) is 0.268. The van der Waals surface area contributed by atoms with Gasteiger partial charge in [0.15, 0.2) is 0 Å². The third-order valence-corrected chi connectivity index (χ3v) is 6.87. The average molecular weight is 397 g/mol. The van der Waals surface area contributed by atoms with Crippen molar-refractivity contribution in [3.63, 3.8) is 0 Å². The summed E-state index contributed by atoms with van der Waals surface area (Å²) in [4.78, 5) is 14.7. The number of sulfonamides is 1. The number of anilines is 1. The van der Waals surface area contributed by atoms with Crippen LogP contribution < -0.4 is 15.4 Å². The molecule has 2 saturated heterocycles. The predicted molar refractivity (Wildman–Crippen MR) is 104 cm³/mol. The minimum atomic E-state index is -3.56. The van der Waals surface area contributed by atoms with Crippen molar-refractivity contribution in [2.24, 2.45) is 0 Å². The number of nitrogens with one attached hydrogen (secondary N) is 2. The molecular formula is C18H28N4O4S. The number of benzene rings is 1. The van der Waals surface area contributed by atoms with E-state index in [2.05, 4.69) is 15.5 Å². The molecule has 150 valence electrons. The van der Waals surface area contributed by atoms with Crippen molar-refractivity contribution in [1.29, 1.82) is 0 Å². The molecule has 0 radical (unpaired) electrons. The lowest BCUT2D eigenvalue weighted by atomic mass is 10.2. The maximum absolute atomic E-state index is 12.9. The molecule has 0 aliphatic carbocycles. The Morgan fingerprint density at radius 3 is 2.52 bits per heavy atom. The fourth-order valence-corrected chi connectivity index (χ4v) is 5.01. The van der Waals surface area contributed by atoms with E-state index in [4.69, 9.17) is 4.74 Å². The molecular weight excluding hydrogens is 368 g/mol. The number of piperazine rings is 1. The summed E-state index contributed by atoms with van der Waals surface area (Å²) in [5.41, 5.74) is 0.385. The van der Waals surface area contributed by atoms with Gasteiger partial charge in [0.05, 0.1) is 24.2 Å². The second kappa shape index (κ2) is 9.01. The first kappa shape index (κ1) is 20.1. The number of ether oxygens (including phenoxy) is 1. The van der Waals surface area contributed by atoms with Gasteiger partial charge in [0.2, 0.25) is 15.9 Å². The first-order valence-corrected chi connectivity index (χ1v) is 10.9. The second-order valence-electron chi connectivity index (χ2n) is 6.90. The number of hydrogen-bond donors (Lipinski definition) is 2. The number of nitrogens with zero attached hydrogens (tertiary/aromatic N) is 2. The lowest BCUT2D eigenvalue weighted by Gasteiger charge is -2.27. The Kier molecular flexibility index (Phi) is 6.69. The van der Waals surface area contributed by atoms with Crippen molar-refractivity contribution in [2.75, 3.05) is 58.2 Å². The maximum Gasteiger partial charge on any atom is 0.243 e. The Hall–Kier alpha value is -1.68. The van der Waals surface area contributed by atoms with E-state index in [1.54, 1.807) is 6.07 Å². The van der Waals surface area contributed by atoms with Crippen molar-refractivity contribution in [2.45, 2.75) is 24.2 Å². The van der Waals surface area contributed by atoms with E-state index in [0.29, 0.717) is 24.5 Å². The number of hydrogen-bond acceptors (Lipinski definition) is 6. The molecule has 2 aliphatic rings. The van der Waals surface area contributed by atoms with Crippen LogP contribution in [0.15, 0.2) is 23.1 Å². The fourth-order valence-electron chi connectivity index (χ4n) is 3.46. The van der Waals surface area contributed by atoms with Crippen molar-refractivity contribution in [1.82, 2.24) is 14.5 Å². The Morgan fingerprint density at radius 2 is 1.85 bits per heavy atom. The molecule has 1 aromatic rings. The summed E-state index contributed by atoms with van der Waals surface area (Å²) in [6.45, 7) is 4.70. The lowest BCUT2D eigenvalue weighted by Crippen LogP contribution is -2.46. The topological polar surface area (TPSA) is 91.0 Å². The third-order valence-electron chi connectivity index (χ3n) is 4.97. The molecule has 27 heavy (non-hydrogen) atoms. The SMILES string of the molecule is COc1ccc(S(=O)(=O)N2CCCCC2)cc1NC(=O)CN1CCNCC1. The van der Waals surface area contributed by atoms with E-state index >= 15 is 0 Å². The van der Waals surface area contributed by atoms with Crippen LogP contribution in [0, 0.1) is 0 Å². The second-order valence-corrected chi connectivity index (χ2v) is 8.84. The number of methoxy groups -OCH3 is 1. The van der Waals surface area contributed by atoms with E-state index in [9.17, 15) is 13.2 Å². The van der Waals surface area contributed by atoms with Gasteiger partial charge in [-0.1, -0.05) is 6.42 Å². The minimum absolute atomic E-state index is 0.178. The lowest BCUT2D eigenvalue weighted by molar-refractivity contribution is -0.117. The summed E-state index contributed by atoms with van der Waals surface area (Å²) in [5, 5.41) is 6.06. The van der Waals surface area contributed by atoms with Gasteiger partial charge in [-0.05, 0) is 31.0 Å². The van der Waals surface area contributed by atoms with E-state index in [0.717, 1.165) is 45.4 Å². The summed E-state index contributed by atoms with van der Waals surface area (Å²) in [7, 11) is -2.06. The van der Waals surface area contributed by atoms with E-state index in [1.165, 1.54) is 23.5 Å². The summed E-state index contributed by atoms with van der Waals surface area (Å²) in [6.07, 6.45) is 2.81. The smallest absolute Gasteiger partial charge is 0.243 e. The molecule has 0 aromatic heterocycles. The first-order chi connectivity index (χ1) is 13.0. The van der Waals surface area contributed by atoms with Crippen molar-refractivity contribution in [3.8, 4) is 5.75 Å². The van der Waals surface area contributed by atoms with Crippen molar-refractivity contribution in [3.05, 3.63) is 18.2 Å². The molecule has 3 rings (SSSR count). The first-order valence-electron chi connectivity index (χ1n) is 9.42. The van der Waals surface area contributed by atoms with Crippen LogP contribution in [0.3, 0.4) is 0 Å². The van der Waals surface area contributed by atoms with Gasteiger partial charge in [0.1, 0.15) is 5.75 Å². The van der Waals surface area contributed by atoms with Gasteiger partial charge in [-0.2, -0.15) is 4.31 Å². The highest BCUT2D eigenvalue weighted by atomic mass is 32.2. The van der Waals surface area contributed by atoms with Crippen LogP contribution in [0.4, 0.5) is 5.69 Å². The molecule has 9 heteroatoms. The molecule has 1 amide bonds. The minimum Gasteiger partial charge on any atom is -0.495 e. The molecule has 0 spiro atoms. The molecule has 0 saturated carbocycles. The van der Waals surface area contributed by atoms with Gasteiger partial charge in [-0.3, -0.25) is 9.69 Å². The Bertz CT molecular complexity index is 757. The van der Waals surface area contributed by atoms with Crippen LogP contribution in [0.25, 0.3) is 0 Å². The van der Waals surface area contributed by atoms with Crippen molar-refractivity contribution >= 4 is 21.6 Å². The van der Waals surface area contributed by atoms with Gasteiger partial charge in [0, 0.05) is 39.3 Å². The van der Waals surface area contributed by atoms with Gasteiger partial charge in [-0.25, -0.2) is 8.42 Å². The van der Waals surface area contributed by atoms with Crippen molar-refractivity contribution < 1.29 is 17.9 Å². The molecule has 1 aromatic carbocycles. The molecule has 2 aliphatic heterocycles. The summed E-state index contributed by atoms with van der Waals surface area (Å²) < 4.78 is 32.6. The Balaban J connectivity index is 1.75. The normalized spacial score (nSPS) is 19.6. The highest BCUT2D eigenvalue weighted by molar-refractivity contribution is 7.89. The Labute approximate surface area is 160 Å². The van der Waals surface area contributed by atoms with E-state index in [-0.39, 0.29) is 17.3 Å². The standard InChI is InChI=1S/C18H28N4O4S/c1-26-17-6-5-15(27(24,25)22-9-3-2-4-10-22)13-16(17)20-18(23)14-21-11-7-19-8-12-21/h5-6,13,19H,2-4,7-12,14H2,1H3,(H,20,23).